The summed E-state index contributed by atoms with van der Waals surface area (Å²) < 4.78 is 5.14. The molecule has 0 radical (unpaired) electrons. The summed E-state index contributed by atoms with van der Waals surface area (Å²) >= 11 is 0. The zero-order valence-corrected chi connectivity index (χ0v) is 13.2. The summed E-state index contributed by atoms with van der Waals surface area (Å²) in [6.07, 6.45) is 1.23. The lowest BCUT2D eigenvalue weighted by molar-refractivity contribution is -0.153. The molecule has 0 saturated heterocycles. The molecular weight excluding hydrogens is 282 g/mol. The van der Waals surface area contributed by atoms with Crippen molar-refractivity contribution < 1.29 is 19.4 Å². The van der Waals surface area contributed by atoms with Crippen LogP contribution >= 0.6 is 0 Å². The van der Waals surface area contributed by atoms with Crippen molar-refractivity contribution in [3.63, 3.8) is 0 Å². The van der Waals surface area contributed by atoms with Gasteiger partial charge < -0.3 is 15.2 Å². The van der Waals surface area contributed by atoms with E-state index in [1.165, 1.54) is 0 Å². The number of ether oxygens (including phenoxy) is 1. The van der Waals surface area contributed by atoms with Gasteiger partial charge in [0.25, 0.3) is 0 Å². The fourth-order valence-corrected chi connectivity index (χ4v) is 2.82. The Morgan fingerprint density at radius 3 is 2.18 bits per heavy atom. The lowest BCUT2D eigenvalue weighted by atomic mass is 9.73. The Morgan fingerprint density at radius 2 is 1.77 bits per heavy atom. The Balaban J connectivity index is 2.08. The molecule has 5 nitrogen and oxygen atoms in total. The number of carbonyl (C=O) groups excluding carboxylic acids is 1. The minimum Gasteiger partial charge on any atom is -0.497 e. The molecular formula is C17H23NO4. The van der Waals surface area contributed by atoms with Crippen LogP contribution in [0.4, 0.5) is 0 Å². The van der Waals surface area contributed by atoms with E-state index in [1.807, 2.05) is 38.1 Å². The number of nitrogens with one attached hydrogen (secondary N) is 1. The first kappa shape index (κ1) is 16.3. The van der Waals surface area contributed by atoms with E-state index in [0.29, 0.717) is 12.8 Å². The lowest BCUT2D eigenvalue weighted by Crippen LogP contribution is -2.45. The molecule has 5 heteroatoms. The molecule has 1 saturated carbocycles. The predicted molar refractivity (Wildman–Crippen MR) is 82.6 cm³/mol. The Morgan fingerprint density at radius 1 is 1.18 bits per heavy atom. The molecule has 3 atom stereocenters. The summed E-state index contributed by atoms with van der Waals surface area (Å²) in [6, 6.07) is 7.45. The molecule has 1 aliphatic rings. The first-order chi connectivity index (χ1) is 10.4. The number of carbonyl (C=O) groups is 2. The summed E-state index contributed by atoms with van der Waals surface area (Å²) in [5, 5.41) is 12.1. The number of aliphatic carboxylic acids is 1. The Labute approximate surface area is 130 Å². The normalized spacial score (nSPS) is 21.8. The topological polar surface area (TPSA) is 75.6 Å². The van der Waals surface area contributed by atoms with Crippen LogP contribution in [-0.2, 0) is 9.59 Å². The van der Waals surface area contributed by atoms with Crippen molar-refractivity contribution in [3.8, 4) is 5.75 Å². The van der Waals surface area contributed by atoms with Crippen LogP contribution in [0.1, 0.15) is 38.3 Å². The average Bonchev–Trinajstić information content (AvgIpc) is 2.42. The van der Waals surface area contributed by atoms with Crippen LogP contribution in [0.5, 0.6) is 5.75 Å². The number of rotatable bonds is 6. The van der Waals surface area contributed by atoms with Crippen molar-refractivity contribution in [1.29, 1.82) is 0 Å². The summed E-state index contributed by atoms with van der Waals surface area (Å²) in [4.78, 5) is 23.4. The highest BCUT2D eigenvalue weighted by molar-refractivity contribution is 5.86. The number of amides is 1. The van der Waals surface area contributed by atoms with Crippen LogP contribution < -0.4 is 10.1 Å². The smallest absolute Gasteiger partial charge is 0.307 e. The fraction of sp³-hybridized carbons (Fsp3) is 0.529. The number of benzene rings is 1. The van der Waals surface area contributed by atoms with E-state index >= 15 is 0 Å². The van der Waals surface area contributed by atoms with Gasteiger partial charge in [0.15, 0.2) is 0 Å². The highest BCUT2D eigenvalue weighted by Crippen LogP contribution is 2.35. The van der Waals surface area contributed by atoms with Crippen molar-refractivity contribution in [2.75, 3.05) is 7.11 Å². The molecule has 120 valence electrons. The van der Waals surface area contributed by atoms with Gasteiger partial charge in [-0.2, -0.15) is 0 Å². The molecule has 0 heterocycles. The quantitative estimate of drug-likeness (QED) is 0.847. The lowest BCUT2D eigenvalue weighted by Gasteiger charge is -2.34. The van der Waals surface area contributed by atoms with Crippen molar-refractivity contribution >= 4 is 11.9 Å². The van der Waals surface area contributed by atoms with E-state index in [-0.39, 0.29) is 17.9 Å². The Kier molecular flexibility index (Phi) is 5.06. The van der Waals surface area contributed by atoms with Crippen molar-refractivity contribution in [2.45, 2.75) is 32.7 Å². The van der Waals surface area contributed by atoms with Gasteiger partial charge in [-0.3, -0.25) is 9.59 Å². The first-order valence-corrected chi connectivity index (χ1v) is 7.61. The second kappa shape index (κ2) is 6.81. The molecule has 1 aromatic carbocycles. The van der Waals surface area contributed by atoms with Gasteiger partial charge in [-0.25, -0.2) is 0 Å². The maximum absolute atomic E-state index is 12.4. The molecule has 1 amide bonds. The average molecular weight is 305 g/mol. The molecule has 22 heavy (non-hydrogen) atoms. The zero-order chi connectivity index (χ0) is 16.3. The van der Waals surface area contributed by atoms with Crippen molar-refractivity contribution in [1.82, 2.24) is 5.32 Å². The largest absolute Gasteiger partial charge is 0.497 e. The molecule has 1 aliphatic carbocycles. The fourth-order valence-electron chi connectivity index (χ4n) is 2.82. The van der Waals surface area contributed by atoms with E-state index in [9.17, 15) is 9.59 Å². The third-order valence-electron chi connectivity index (χ3n) is 4.37. The van der Waals surface area contributed by atoms with Gasteiger partial charge in [-0.15, -0.1) is 0 Å². The molecule has 2 rings (SSSR count). The molecule has 0 bridgehead atoms. The van der Waals surface area contributed by atoms with Gasteiger partial charge in [-0.1, -0.05) is 26.0 Å². The minimum atomic E-state index is -0.878. The number of methoxy groups -OCH3 is 1. The monoisotopic (exact) mass is 305 g/mol. The van der Waals surface area contributed by atoms with E-state index in [0.717, 1.165) is 11.3 Å². The van der Waals surface area contributed by atoms with E-state index < -0.39 is 17.8 Å². The van der Waals surface area contributed by atoms with Gasteiger partial charge in [0.05, 0.1) is 25.0 Å². The number of carboxylic acids is 1. The number of hydrogen-bond acceptors (Lipinski definition) is 3. The predicted octanol–water partition coefficient (Wildman–Crippen LogP) is 2.62. The first-order valence-electron chi connectivity index (χ1n) is 7.61. The van der Waals surface area contributed by atoms with Crippen LogP contribution in [0.3, 0.4) is 0 Å². The Bertz CT molecular complexity index is 538. The molecule has 1 fully saturated rings. The second-order valence-electron chi connectivity index (χ2n) is 6.13. The van der Waals surface area contributed by atoms with Gasteiger partial charge in [-0.05, 0) is 36.5 Å². The Hall–Kier alpha value is -2.04. The maximum atomic E-state index is 12.4. The highest BCUT2D eigenvalue weighted by atomic mass is 16.5. The molecule has 0 spiro atoms. The van der Waals surface area contributed by atoms with Gasteiger partial charge in [0, 0.05) is 0 Å². The zero-order valence-electron chi connectivity index (χ0n) is 13.2. The third kappa shape index (κ3) is 3.40. The van der Waals surface area contributed by atoms with E-state index in [4.69, 9.17) is 9.84 Å². The highest BCUT2D eigenvalue weighted by Gasteiger charge is 2.42. The van der Waals surface area contributed by atoms with E-state index in [2.05, 4.69) is 5.32 Å². The third-order valence-corrected chi connectivity index (χ3v) is 4.37. The second-order valence-corrected chi connectivity index (χ2v) is 6.13. The van der Waals surface area contributed by atoms with Crippen molar-refractivity contribution in [2.24, 2.45) is 17.8 Å². The van der Waals surface area contributed by atoms with Gasteiger partial charge >= 0.3 is 5.97 Å². The van der Waals surface area contributed by atoms with Crippen LogP contribution in [0.2, 0.25) is 0 Å². The van der Waals surface area contributed by atoms with Crippen LogP contribution in [0.15, 0.2) is 24.3 Å². The number of carboxylic acid groups (broad SMARTS) is 1. The van der Waals surface area contributed by atoms with Crippen LogP contribution in [-0.4, -0.2) is 24.1 Å². The standard InChI is InChI=1S/C17H23NO4/c1-10(2)15(11-4-6-12(22-3)7-5-11)18-16(19)13-8-9-14(13)17(20)21/h4-7,10,13-15H,8-9H2,1-3H3,(H,18,19)(H,20,21). The van der Waals surface area contributed by atoms with Crippen molar-refractivity contribution in [3.05, 3.63) is 29.8 Å². The van der Waals surface area contributed by atoms with E-state index in [1.54, 1.807) is 7.11 Å². The SMILES string of the molecule is COc1ccc(C(NC(=O)C2CCC2C(=O)O)C(C)C)cc1. The van der Waals surface area contributed by atoms with Crippen LogP contribution in [0.25, 0.3) is 0 Å². The van der Waals surface area contributed by atoms with Crippen LogP contribution in [0, 0.1) is 17.8 Å². The molecule has 0 aliphatic heterocycles. The molecule has 1 aromatic rings. The molecule has 3 unspecified atom stereocenters. The number of hydrogen-bond donors (Lipinski definition) is 2. The molecule has 2 N–H and O–H groups in total. The van der Waals surface area contributed by atoms with Gasteiger partial charge in [0.1, 0.15) is 5.75 Å². The summed E-state index contributed by atoms with van der Waals surface area (Å²) in [7, 11) is 1.61. The summed E-state index contributed by atoms with van der Waals surface area (Å²) in [5.41, 5.74) is 0.996. The minimum absolute atomic E-state index is 0.131. The van der Waals surface area contributed by atoms with Gasteiger partial charge in [0.2, 0.25) is 5.91 Å². The molecule has 0 aromatic heterocycles. The maximum Gasteiger partial charge on any atom is 0.307 e. The summed E-state index contributed by atoms with van der Waals surface area (Å²) in [6.45, 7) is 4.06. The summed E-state index contributed by atoms with van der Waals surface area (Å²) in [5.74, 6) is -1.01.